The number of benzene rings is 4. The zero-order chi connectivity index (χ0) is 112. The van der Waals surface area contributed by atoms with Gasteiger partial charge in [-0.25, -0.2) is 4.79 Å². The summed E-state index contributed by atoms with van der Waals surface area (Å²) < 4.78 is 158. The summed E-state index contributed by atoms with van der Waals surface area (Å²) >= 11 is 0. The number of methoxy groups -OCH3 is 2. The number of nitrogens with two attached hydrogens (primary N) is 1. The minimum Gasteiger partial charge on any atom is -0.507 e. The number of carbonyl (C=O) groups excluding carboxylic acids is 4. The molecule has 4 rings (SSSR count). The van der Waals surface area contributed by atoms with Gasteiger partial charge in [0.25, 0.3) is 0 Å². The van der Waals surface area contributed by atoms with Gasteiger partial charge in [-0.1, -0.05) is 187 Å². The van der Waals surface area contributed by atoms with Crippen molar-refractivity contribution in [2.45, 2.75) is 241 Å². The molecule has 0 heterocycles. The van der Waals surface area contributed by atoms with E-state index in [1.165, 1.54) is 12.2 Å². The number of aromatic hydroxyl groups is 2. The van der Waals surface area contributed by atoms with E-state index >= 15 is 0 Å². The second-order valence-electron chi connectivity index (χ2n) is 35.7. The highest BCUT2D eigenvalue weighted by atomic mass is 28.4. The van der Waals surface area contributed by atoms with E-state index in [1.807, 2.05) is 71.9 Å². The van der Waals surface area contributed by atoms with Crippen LogP contribution in [0.3, 0.4) is 0 Å². The van der Waals surface area contributed by atoms with Gasteiger partial charge < -0.3 is 135 Å². The number of ether oxygens (including phenoxy) is 6. The zero-order valence-corrected chi connectivity index (χ0v) is 102. The van der Waals surface area contributed by atoms with E-state index in [2.05, 4.69) is 141 Å². The minimum atomic E-state index is -2.59. The Hall–Kier alpha value is -6.14. The summed E-state index contributed by atoms with van der Waals surface area (Å²) in [6, 6.07) is 21.0. The number of aryl methyl sites for hydroxylation is 4. The summed E-state index contributed by atoms with van der Waals surface area (Å²) in [5.41, 5.74) is 16.1. The van der Waals surface area contributed by atoms with Crippen LogP contribution in [0.4, 0.5) is 0 Å². The van der Waals surface area contributed by atoms with Gasteiger partial charge in [-0.2, -0.15) is 0 Å². The maximum Gasteiger partial charge on any atom is 0.549 e. The third kappa shape index (κ3) is 60.3. The summed E-state index contributed by atoms with van der Waals surface area (Å²) in [5, 5.41) is 28.7. The standard InChI is InChI=1S/C32H51NO6Si.C26H34O3.C12H27NO6Si.C7H12O3.C6H17NO3Si.3C5H14O3Si.2O2Si/c1-22-17-24(29(35)26(19-22)31(3,4)5)21-25-18-23(2)20-27(32(6,7)8)30(25)39-28(34)13-15-33-14-12-16-40(36-9,37-10)38-11;1-10-22(27)29-24-19(12-17(3)14-21(24)26(7,8)9)15-18-11-16(2)13-20(23(18)28)25(4,5)6;1-15-9-10-19-12(14)6-8-13-7-5-11-20(16-2,17-3)18-4;1-3-4-7(8)10-6-5-9-2;1-8-11(9-2,10-3)6-4-5-7;3*1-5-9(6-2,7-3)8-4;2*1-3-2/h17-20,33,35H,12-16,21H2,1-11H3;10-14,28H,1,15H2,2-9H3;13H,5-11H2,1-4H3;3H,1,4-6H2,2H3;4-7H2,1-3H3;3*5H2,1-4H3;;. The maximum atomic E-state index is 13.1. The van der Waals surface area contributed by atoms with Crippen LogP contribution >= 0.6 is 0 Å². The number of esters is 4. The highest BCUT2D eigenvalue weighted by Gasteiger charge is 2.41. The van der Waals surface area contributed by atoms with Crippen LogP contribution in [-0.2, 0) is 170 Å². The van der Waals surface area contributed by atoms with Crippen molar-refractivity contribution in [1.29, 1.82) is 0 Å². The number of hydrogen-bond acceptors (Lipinski definition) is 37. The van der Waals surface area contributed by atoms with Crippen molar-refractivity contribution in [3.05, 3.63) is 141 Å². The molecule has 0 atom stereocenters. The molecule has 0 saturated heterocycles. The van der Waals surface area contributed by atoms with Crippen molar-refractivity contribution >= 4 is 95.3 Å². The van der Waals surface area contributed by atoms with Crippen LogP contribution in [0.25, 0.3) is 0 Å². The van der Waals surface area contributed by atoms with Gasteiger partial charge in [0, 0.05) is 222 Å². The molecule has 6 N–H and O–H groups in total. The molecule has 0 aromatic heterocycles. The highest BCUT2D eigenvalue weighted by Crippen LogP contribution is 2.43. The Morgan fingerprint density at radius 1 is 0.357 bits per heavy atom. The lowest BCUT2D eigenvalue weighted by Gasteiger charge is -2.26. The van der Waals surface area contributed by atoms with Crippen LogP contribution in [0.15, 0.2) is 73.8 Å². The van der Waals surface area contributed by atoms with Crippen LogP contribution in [0.5, 0.6) is 23.0 Å². The molecule has 4 aromatic carbocycles. The monoisotopic (exact) mass is 2170 g/mol. The maximum absolute atomic E-state index is 13.1. The minimum absolute atomic E-state index is 0.174. The summed E-state index contributed by atoms with van der Waals surface area (Å²) in [5.74, 6) is 0.522. The summed E-state index contributed by atoms with van der Waals surface area (Å²) in [6.45, 7) is 51.0. The predicted octanol–water partition coefficient (Wildman–Crippen LogP) is 15.4. The molecule has 0 aliphatic rings. The van der Waals surface area contributed by atoms with Gasteiger partial charge in [-0.15, -0.1) is 6.58 Å². The van der Waals surface area contributed by atoms with E-state index in [0.717, 1.165) is 123 Å². The lowest BCUT2D eigenvalue weighted by molar-refractivity contribution is -0.145. The quantitative estimate of drug-likeness (QED) is 0.00684. The van der Waals surface area contributed by atoms with E-state index in [0.29, 0.717) is 101 Å². The molecule has 0 saturated carbocycles. The summed E-state index contributed by atoms with van der Waals surface area (Å²) in [4.78, 5) is 47.0. The molecule has 0 bridgehead atoms. The molecule has 0 radical (unpaired) electrons. The molecule has 826 valence electrons. The molecule has 0 amide bonds. The number of carbonyl (C=O) groups is 4. The second-order valence-corrected chi connectivity index (χ2v) is 55.2. The molecular weight excluding hydrogens is 1990 g/mol. The van der Waals surface area contributed by atoms with E-state index in [-0.39, 0.29) is 52.4 Å². The number of hydrogen-bond donors (Lipinski definition) is 5. The molecule has 0 aliphatic carbocycles. The van der Waals surface area contributed by atoms with Crippen LogP contribution in [0, 0.1) is 27.7 Å². The molecule has 0 fully saturated rings. The normalized spacial score (nSPS) is 11.5. The third-order valence-electron chi connectivity index (χ3n) is 21.5. The van der Waals surface area contributed by atoms with Gasteiger partial charge in [0.2, 0.25) is 0 Å². The van der Waals surface area contributed by atoms with Gasteiger partial charge in [-0.05, 0) is 122 Å². The number of rotatable bonds is 53. The van der Waals surface area contributed by atoms with Crippen LogP contribution < -0.4 is 25.8 Å². The highest BCUT2D eigenvalue weighted by molar-refractivity contribution is 6.62. The SMILES string of the molecule is C=CC(=O)Oc1c(Cc2cc(C)cc(C(C)(C)C)c2O)cc(C)cc1C(C)(C)C.C=CCC(=O)OCCOC.CC[Si](OC)(OC)OC.CC[Si](OC)(OC)OC.CC[Si](OC)(OC)OC.COCCOC(=O)CCNCCC[Si](OC)(OC)OC.CO[Si](CCCN)(OC)OC.CO[Si](CCCNCCC(=O)Oc1c(Cc2cc(C)cc(C(C)(C)C)c2O)cc(C)cc1C(C)(C)C)(OC)OC.O=[Si]=O.O=[Si]=O. The molecule has 0 spiro atoms. The third-order valence-corrected chi connectivity index (χ3v) is 38.2. The molecule has 45 heteroatoms. The van der Waals surface area contributed by atoms with Crippen molar-refractivity contribution in [2.24, 2.45) is 5.73 Å². The average molecular weight is 2170 g/mol. The van der Waals surface area contributed by atoms with Crippen molar-refractivity contribution < 1.29 is 155 Å². The molecule has 4 aromatic rings. The van der Waals surface area contributed by atoms with Gasteiger partial charge in [0.15, 0.2) is 0 Å². The van der Waals surface area contributed by atoms with Gasteiger partial charge in [0.05, 0.1) is 32.5 Å². The number of phenols is 2. The van der Waals surface area contributed by atoms with E-state index in [1.54, 1.807) is 142 Å². The Morgan fingerprint density at radius 2 is 0.608 bits per heavy atom. The van der Waals surface area contributed by atoms with Crippen molar-refractivity contribution in [1.82, 2.24) is 10.6 Å². The second kappa shape index (κ2) is 80.8. The van der Waals surface area contributed by atoms with E-state index < -0.39 is 77.4 Å². The van der Waals surface area contributed by atoms with Crippen molar-refractivity contribution in [3.63, 3.8) is 0 Å². The molecule has 143 heavy (non-hydrogen) atoms. The lowest BCUT2D eigenvalue weighted by atomic mass is 9.81. The van der Waals surface area contributed by atoms with E-state index in [4.69, 9.17) is 122 Å². The molecule has 37 nitrogen and oxygen atoms in total. The van der Waals surface area contributed by atoms with Crippen LogP contribution in [0.2, 0.25) is 36.3 Å². The predicted molar refractivity (Wildman–Crippen MR) is 569 cm³/mol. The van der Waals surface area contributed by atoms with Crippen molar-refractivity contribution in [3.8, 4) is 23.0 Å². The summed E-state index contributed by atoms with van der Waals surface area (Å²) in [6.07, 6.45) is 7.03. The Bertz CT molecular complexity index is 4050. The van der Waals surface area contributed by atoms with Crippen LogP contribution in [-0.4, -0.2) is 307 Å². The molecule has 0 unspecified atom stereocenters. The first-order chi connectivity index (χ1) is 67.0. The fourth-order valence-electron chi connectivity index (χ4n) is 13.4. The van der Waals surface area contributed by atoms with Crippen molar-refractivity contribution in [2.75, 3.05) is 201 Å². The Labute approximate surface area is 867 Å². The van der Waals surface area contributed by atoms with Gasteiger partial charge >= 0.3 is 95.3 Å². The van der Waals surface area contributed by atoms with Crippen LogP contribution in [0.1, 0.15) is 209 Å². The smallest absolute Gasteiger partial charge is 0.507 e. The first-order valence-electron chi connectivity index (χ1n) is 47.0. The zero-order valence-electron chi connectivity index (χ0n) is 94.0. The largest absolute Gasteiger partial charge is 0.549 e. The van der Waals surface area contributed by atoms with E-state index in [9.17, 15) is 29.4 Å². The summed E-state index contributed by atoms with van der Waals surface area (Å²) in [7, 11) is 15.3. The van der Waals surface area contributed by atoms with Gasteiger partial charge in [0.1, 0.15) is 36.2 Å². The van der Waals surface area contributed by atoms with Gasteiger partial charge in [-0.3, -0.25) is 32.2 Å². The number of nitrogens with one attached hydrogen (secondary N) is 2. The Balaban J connectivity index is -0.000000400. The fourth-order valence-corrected chi connectivity index (χ4v) is 22.7. The molecular formula is C98H183N3O34Si8. The topological polar surface area (TPSA) is 449 Å². The fraction of sp³-hybridized carbons (Fsp3) is 0.673. The Kier molecular flexibility index (Phi) is 83.4. The lowest BCUT2D eigenvalue weighted by Crippen LogP contribution is -2.43. The average Bonchev–Trinajstić information content (AvgIpc) is 0.781. The number of phenolic OH excluding ortho intramolecular Hbond substituents is 2. The Morgan fingerprint density at radius 3 is 0.846 bits per heavy atom. The first-order valence-corrected chi connectivity index (χ1v) is 60.2. The first kappa shape index (κ1) is 148. The molecule has 0 aliphatic heterocycles.